The Labute approximate surface area is 116 Å². The van der Waals surface area contributed by atoms with Gasteiger partial charge in [-0.1, -0.05) is 6.07 Å². The molecule has 1 aliphatic heterocycles. The minimum Gasteiger partial charge on any atom is -0.482 e. The molecule has 0 saturated carbocycles. The number of ether oxygens (including phenoxy) is 1. The second-order valence-electron chi connectivity index (χ2n) is 4.97. The van der Waals surface area contributed by atoms with E-state index in [1.807, 2.05) is 13.0 Å². The van der Waals surface area contributed by atoms with Crippen LogP contribution in [-0.2, 0) is 0 Å². The molecule has 0 unspecified atom stereocenters. The maximum absolute atomic E-state index is 12.3. The number of nitrogens with zero attached hydrogens (tertiary/aromatic N) is 1. The maximum Gasteiger partial charge on any atom is 0.422 e. The van der Waals surface area contributed by atoms with Crippen molar-refractivity contribution in [3.63, 3.8) is 0 Å². The Morgan fingerprint density at radius 3 is 2.80 bits per heavy atom. The molecule has 1 fully saturated rings. The summed E-state index contributed by atoms with van der Waals surface area (Å²) in [6.07, 6.45) is -3.35. The van der Waals surface area contributed by atoms with Gasteiger partial charge in [0.15, 0.2) is 6.61 Å². The number of alkyl halides is 3. The third kappa shape index (κ3) is 4.30. The zero-order valence-electron chi connectivity index (χ0n) is 11.5. The van der Waals surface area contributed by atoms with Crippen molar-refractivity contribution in [2.45, 2.75) is 19.5 Å². The second kappa shape index (κ2) is 6.35. The molecular weight excluding hydrogens is 269 g/mol. The number of nitrogens with one attached hydrogen (secondary N) is 1. The van der Waals surface area contributed by atoms with Crippen molar-refractivity contribution >= 4 is 5.69 Å². The molecule has 1 aliphatic rings. The van der Waals surface area contributed by atoms with E-state index in [1.54, 1.807) is 12.1 Å². The molecule has 1 aromatic rings. The number of anilines is 1. The fraction of sp³-hybridized carbons (Fsp3) is 0.571. The summed E-state index contributed by atoms with van der Waals surface area (Å²) in [5.74, 6) is 0.301. The van der Waals surface area contributed by atoms with Gasteiger partial charge in [0, 0.05) is 19.6 Å². The normalized spacial score (nSPS) is 16.9. The van der Waals surface area contributed by atoms with Gasteiger partial charge in [0.2, 0.25) is 0 Å². The molecular formula is C14H19F3N2O. The summed E-state index contributed by atoms with van der Waals surface area (Å²) in [5.41, 5.74) is 1.76. The lowest BCUT2D eigenvalue weighted by atomic mass is 10.2. The van der Waals surface area contributed by atoms with Crippen molar-refractivity contribution in [3.05, 3.63) is 23.8 Å². The zero-order chi connectivity index (χ0) is 14.6. The summed E-state index contributed by atoms with van der Waals surface area (Å²) in [7, 11) is 0. The smallest absolute Gasteiger partial charge is 0.422 e. The highest BCUT2D eigenvalue weighted by atomic mass is 19.4. The lowest BCUT2D eigenvalue weighted by molar-refractivity contribution is -0.153. The Morgan fingerprint density at radius 2 is 2.05 bits per heavy atom. The molecule has 20 heavy (non-hydrogen) atoms. The first kappa shape index (κ1) is 15.0. The number of hydrogen-bond donors (Lipinski definition) is 1. The van der Waals surface area contributed by atoms with Crippen LogP contribution < -0.4 is 15.0 Å². The first-order valence-electron chi connectivity index (χ1n) is 6.71. The van der Waals surface area contributed by atoms with Gasteiger partial charge in [-0.05, 0) is 37.6 Å². The molecule has 0 aliphatic carbocycles. The molecule has 0 aromatic heterocycles. The van der Waals surface area contributed by atoms with Gasteiger partial charge in [-0.2, -0.15) is 13.2 Å². The monoisotopic (exact) mass is 288 g/mol. The van der Waals surface area contributed by atoms with E-state index in [0.717, 1.165) is 43.9 Å². The lowest BCUT2D eigenvalue weighted by Gasteiger charge is -2.25. The maximum atomic E-state index is 12.3. The number of hydrogen-bond acceptors (Lipinski definition) is 3. The Balaban J connectivity index is 2.18. The molecule has 112 valence electrons. The number of aryl methyl sites for hydroxylation is 1. The average molecular weight is 288 g/mol. The molecule has 0 radical (unpaired) electrons. The van der Waals surface area contributed by atoms with E-state index in [0.29, 0.717) is 5.75 Å². The summed E-state index contributed by atoms with van der Waals surface area (Å²) in [5, 5.41) is 3.27. The lowest BCUT2D eigenvalue weighted by Crippen LogP contribution is -2.29. The van der Waals surface area contributed by atoms with Gasteiger partial charge in [-0.25, -0.2) is 0 Å². The fourth-order valence-corrected chi connectivity index (χ4v) is 2.24. The van der Waals surface area contributed by atoms with E-state index in [2.05, 4.69) is 10.2 Å². The number of rotatable bonds is 3. The van der Waals surface area contributed by atoms with Crippen molar-refractivity contribution in [2.24, 2.45) is 0 Å². The molecule has 0 atom stereocenters. The van der Waals surface area contributed by atoms with Crippen LogP contribution in [0.2, 0.25) is 0 Å². The van der Waals surface area contributed by atoms with Gasteiger partial charge < -0.3 is 15.0 Å². The molecule has 0 bridgehead atoms. The summed E-state index contributed by atoms with van der Waals surface area (Å²) >= 11 is 0. The Morgan fingerprint density at radius 1 is 1.25 bits per heavy atom. The molecule has 1 saturated heterocycles. The quantitative estimate of drug-likeness (QED) is 0.925. The van der Waals surface area contributed by atoms with E-state index in [-0.39, 0.29) is 0 Å². The van der Waals surface area contributed by atoms with Gasteiger partial charge in [-0.15, -0.1) is 0 Å². The Bertz CT molecular complexity index is 441. The van der Waals surface area contributed by atoms with Gasteiger partial charge in [0.1, 0.15) is 5.75 Å². The molecule has 6 heteroatoms. The summed E-state index contributed by atoms with van der Waals surface area (Å²) < 4.78 is 41.9. The standard InChI is InChI=1S/C14H19F3N2O/c1-11-3-4-13(20-10-14(15,16)17)12(9-11)19-7-2-5-18-6-8-19/h3-4,9,18H,2,5-8,10H2,1H3. The van der Waals surface area contributed by atoms with Gasteiger partial charge >= 0.3 is 6.18 Å². The molecule has 0 amide bonds. The highest BCUT2D eigenvalue weighted by molar-refractivity contribution is 5.60. The molecule has 1 aromatic carbocycles. The van der Waals surface area contributed by atoms with Crippen LogP contribution in [0.4, 0.5) is 18.9 Å². The predicted octanol–water partition coefficient (Wildman–Crippen LogP) is 2.74. The topological polar surface area (TPSA) is 24.5 Å². The van der Waals surface area contributed by atoms with Crippen LogP contribution in [0.5, 0.6) is 5.75 Å². The average Bonchev–Trinajstić information content (AvgIpc) is 2.65. The molecule has 3 nitrogen and oxygen atoms in total. The van der Waals surface area contributed by atoms with Crippen molar-refractivity contribution < 1.29 is 17.9 Å². The van der Waals surface area contributed by atoms with Crippen LogP contribution in [-0.4, -0.2) is 39.0 Å². The van der Waals surface area contributed by atoms with Crippen LogP contribution in [0.15, 0.2) is 18.2 Å². The molecule has 1 N–H and O–H groups in total. The molecule has 2 rings (SSSR count). The molecule has 0 spiro atoms. The highest BCUT2D eigenvalue weighted by Crippen LogP contribution is 2.31. The van der Waals surface area contributed by atoms with Gasteiger partial charge in [0.05, 0.1) is 5.69 Å². The van der Waals surface area contributed by atoms with Crippen LogP contribution in [0.25, 0.3) is 0 Å². The Hall–Kier alpha value is -1.43. The first-order chi connectivity index (χ1) is 9.46. The zero-order valence-corrected chi connectivity index (χ0v) is 11.5. The summed E-state index contributed by atoms with van der Waals surface area (Å²) in [6.45, 7) is 4.01. The van der Waals surface area contributed by atoms with E-state index in [4.69, 9.17) is 4.74 Å². The molecule has 1 heterocycles. The highest BCUT2D eigenvalue weighted by Gasteiger charge is 2.29. The van der Waals surface area contributed by atoms with Crippen molar-refractivity contribution in [2.75, 3.05) is 37.7 Å². The minimum atomic E-state index is -4.32. The van der Waals surface area contributed by atoms with Gasteiger partial charge in [-0.3, -0.25) is 0 Å². The predicted molar refractivity (Wildman–Crippen MR) is 72.4 cm³/mol. The largest absolute Gasteiger partial charge is 0.482 e. The van der Waals surface area contributed by atoms with Crippen LogP contribution >= 0.6 is 0 Å². The third-order valence-corrected chi connectivity index (χ3v) is 3.19. The summed E-state index contributed by atoms with van der Waals surface area (Å²) in [4.78, 5) is 2.08. The van der Waals surface area contributed by atoms with E-state index < -0.39 is 12.8 Å². The fourth-order valence-electron chi connectivity index (χ4n) is 2.24. The van der Waals surface area contributed by atoms with Crippen LogP contribution in [0.3, 0.4) is 0 Å². The van der Waals surface area contributed by atoms with Crippen molar-refractivity contribution in [1.29, 1.82) is 0 Å². The third-order valence-electron chi connectivity index (χ3n) is 3.19. The Kier molecular flexibility index (Phi) is 4.75. The second-order valence-corrected chi connectivity index (χ2v) is 4.97. The van der Waals surface area contributed by atoms with Crippen molar-refractivity contribution in [3.8, 4) is 5.75 Å². The van der Waals surface area contributed by atoms with Gasteiger partial charge in [0.25, 0.3) is 0 Å². The van der Waals surface area contributed by atoms with E-state index in [9.17, 15) is 13.2 Å². The van der Waals surface area contributed by atoms with E-state index in [1.165, 1.54) is 0 Å². The van der Waals surface area contributed by atoms with Crippen LogP contribution in [0, 0.1) is 6.92 Å². The minimum absolute atomic E-state index is 0.301. The number of benzene rings is 1. The summed E-state index contributed by atoms with van der Waals surface area (Å²) in [6, 6.07) is 5.27. The SMILES string of the molecule is Cc1ccc(OCC(F)(F)F)c(N2CCCNCC2)c1. The van der Waals surface area contributed by atoms with Crippen LogP contribution in [0.1, 0.15) is 12.0 Å². The first-order valence-corrected chi connectivity index (χ1v) is 6.71. The van der Waals surface area contributed by atoms with Crippen molar-refractivity contribution in [1.82, 2.24) is 5.32 Å². The number of halogens is 3. The van der Waals surface area contributed by atoms with E-state index >= 15 is 0 Å².